The molecule has 92 valence electrons. The molecule has 0 aliphatic carbocycles. The average molecular weight is 393 g/mol. The molecule has 1 aromatic heterocycles. The van der Waals surface area contributed by atoms with Gasteiger partial charge in [-0.3, -0.25) is 4.79 Å². The van der Waals surface area contributed by atoms with Gasteiger partial charge in [0, 0.05) is 3.57 Å². The van der Waals surface area contributed by atoms with E-state index in [9.17, 15) is 4.79 Å². The smallest absolute Gasteiger partial charge is 0.275 e. The number of carbonyl (C=O) groups excluding carboxylic acids is 1. The van der Waals surface area contributed by atoms with Crippen molar-refractivity contribution in [2.45, 2.75) is 0 Å². The fraction of sp³-hybridized carbons (Fsp3) is 0. The molecule has 3 nitrogen and oxygen atoms in total. The summed E-state index contributed by atoms with van der Waals surface area (Å²) in [5.41, 5.74) is 0.824. The predicted molar refractivity (Wildman–Crippen MR) is 81.4 cm³/mol. The maximum absolute atomic E-state index is 12.0. The van der Waals surface area contributed by atoms with Crippen molar-refractivity contribution in [3.05, 3.63) is 55.8 Å². The number of hydrogen-bond acceptors (Lipinski definition) is 2. The van der Waals surface area contributed by atoms with Crippen LogP contribution in [0.5, 0.6) is 0 Å². The number of rotatable bonds is 2. The van der Waals surface area contributed by atoms with E-state index in [0.717, 1.165) is 3.57 Å². The van der Waals surface area contributed by atoms with Gasteiger partial charge < -0.3 is 5.32 Å². The Hall–Kier alpha value is -0.850. The van der Waals surface area contributed by atoms with Gasteiger partial charge in [-0.05, 0) is 46.9 Å². The molecule has 1 N–H and O–H groups in total. The number of para-hydroxylation sites is 1. The topological polar surface area (TPSA) is 42.0 Å². The number of anilines is 1. The third kappa shape index (κ3) is 3.13. The summed E-state index contributed by atoms with van der Waals surface area (Å²) in [5.74, 6) is -0.383. The van der Waals surface area contributed by atoms with E-state index in [4.69, 9.17) is 23.2 Å². The first-order chi connectivity index (χ1) is 8.58. The van der Waals surface area contributed by atoms with Gasteiger partial charge in [0.2, 0.25) is 0 Å². The summed E-state index contributed by atoms with van der Waals surface area (Å²) in [5, 5.41) is 3.24. The zero-order valence-corrected chi connectivity index (χ0v) is 12.6. The largest absolute Gasteiger partial charge is 0.320 e. The molecule has 0 radical (unpaired) electrons. The average Bonchev–Trinajstić information content (AvgIpc) is 2.35. The second-order valence-electron chi connectivity index (χ2n) is 3.40. The maximum Gasteiger partial charge on any atom is 0.275 e. The van der Waals surface area contributed by atoms with Gasteiger partial charge in [0.15, 0.2) is 0 Å². The number of hydrogen-bond donors (Lipinski definition) is 1. The van der Waals surface area contributed by atoms with Crippen molar-refractivity contribution in [1.29, 1.82) is 0 Å². The molecule has 18 heavy (non-hydrogen) atoms. The molecule has 0 saturated carbocycles. The van der Waals surface area contributed by atoms with E-state index in [1.54, 1.807) is 12.1 Å². The lowest BCUT2D eigenvalue weighted by Crippen LogP contribution is -2.15. The highest BCUT2D eigenvalue weighted by molar-refractivity contribution is 14.1. The van der Waals surface area contributed by atoms with Gasteiger partial charge in [-0.25, -0.2) is 4.98 Å². The van der Waals surface area contributed by atoms with Crippen LogP contribution in [0.3, 0.4) is 0 Å². The summed E-state index contributed by atoms with van der Waals surface area (Å²) in [4.78, 5) is 15.9. The van der Waals surface area contributed by atoms with E-state index < -0.39 is 0 Å². The second kappa shape index (κ2) is 5.86. The number of halogens is 3. The Morgan fingerprint density at radius 3 is 2.61 bits per heavy atom. The zero-order chi connectivity index (χ0) is 13.1. The number of carbonyl (C=O) groups is 1. The van der Waals surface area contributed by atoms with Crippen molar-refractivity contribution in [2.24, 2.45) is 0 Å². The molecular formula is C12H7Cl2IN2O. The Morgan fingerprint density at radius 1 is 1.17 bits per heavy atom. The van der Waals surface area contributed by atoms with Crippen LogP contribution in [0.1, 0.15) is 10.5 Å². The highest BCUT2D eigenvalue weighted by Crippen LogP contribution is 2.21. The number of nitrogens with zero attached hydrogens (tertiary/aromatic N) is 1. The third-order valence-corrected chi connectivity index (χ3v) is 3.61. The van der Waals surface area contributed by atoms with Gasteiger partial charge in [-0.1, -0.05) is 35.3 Å². The van der Waals surface area contributed by atoms with Crippen LogP contribution in [0.4, 0.5) is 5.69 Å². The molecule has 0 atom stereocenters. The van der Waals surface area contributed by atoms with E-state index >= 15 is 0 Å². The monoisotopic (exact) mass is 392 g/mol. The van der Waals surface area contributed by atoms with E-state index in [1.807, 2.05) is 18.2 Å². The lowest BCUT2D eigenvalue weighted by molar-refractivity contribution is 0.102. The summed E-state index contributed by atoms with van der Waals surface area (Å²) in [6.45, 7) is 0. The fourth-order valence-corrected chi connectivity index (χ4v) is 2.18. The van der Waals surface area contributed by atoms with Gasteiger partial charge in [0.05, 0.1) is 10.7 Å². The molecule has 1 heterocycles. The Morgan fingerprint density at radius 2 is 1.89 bits per heavy atom. The minimum atomic E-state index is -0.383. The number of nitrogens with one attached hydrogen (secondary N) is 1. The van der Waals surface area contributed by atoms with E-state index in [1.165, 1.54) is 6.07 Å². The van der Waals surface area contributed by atoms with Gasteiger partial charge in [0.1, 0.15) is 10.8 Å². The quantitative estimate of drug-likeness (QED) is 0.613. The van der Waals surface area contributed by atoms with Gasteiger partial charge in [-0.15, -0.1) is 0 Å². The van der Waals surface area contributed by atoms with Gasteiger partial charge in [-0.2, -0.15) is 0 Å². The van der Waals surface area contributed by atoms with Crippen LogP contribution in [0.2, 0.25) is 10.2 Å². The minimum absolute atomic E-state index is 0.115. The lowest BCUT2D eigenvalue weighted by Gasteiger charge is -2.07. The first kappa shape index (κ1) is 13.6. The Kier molecular flexibility index (Phi) is 4.42. The van der Waals surface area contributed by atoms with Crippen molar-refractivity contribution in [3.8, 4) is 0 Å². The number of aromatic nitrogens is 1. The standard InChI is InChI=1S/C12H7Cl2IN2O/c13-7-5-6-10(14)17-11(7)12(18)16-9-4-2-1-3-8(9)15/h1-6H,(H,16,18). The van der Waals surface area contributed by atoms with Crippen LogP contribution in [0.15, 0.2) is 36.4 Å². The van der Waals surface area contributed by atoms with Crippen molar-refractivity contribution >= 4 is 57.4 Å². The SMILES string of the molecule is O=C(Nc1ccccc1I)c1nc(Cl)ccc1Cl. The van der Waals surface area contributed by atoms with Crippen LogP contribution >= 0.6 is 45.8 Å². The molecule has 1 amide bonds. The molecule has 0 bridgehead atoms. The first-order valence-electron chi connectivity index (χ1n) is 4.96. The van der Waals surface area contributed by atoms with E-state index in [2.05, 4.69) is 32.9 Å². The summed E-state index contributed by atoms with van der Waals surface area (Å²) in [6.07, 6.45) is 0. The molecule has 0 unspecified atom stereocenters. The Balaban J connectivity index is 2.28. The Bertz CT molecular complexity index is 604. The molecule has 2 rings (SSSR count). The molecule has 0 aliphatic rings. The van der Waals surface area contributed by atoms with Gasteiger partial charge in [0.25, 0.3) is 5.91 Å². The molecule has 0 aliphatic heterocycles. The van der Waals surface area contributed by atoms with Crippen LogP contribution in [-0.4, -0.2) is 10.9 Å². The summed E-state index contributed by atoms with van der Waals surface area (Å²) in [7, 11) is 0. The normalized spacial score (nSPS) is 10.2. The van der Waals surface area contributed by atoms with E-state index in [-0.39, 0.29) is 21.8 Å². The highest BCUT2D eigenvalue weighted by atomic mass is 127. The first-order valence-corrected chi connectivity index (χ1v) is 6.79. The Labute approximate surface area is 128 Å². The number of benzene rings is 1. The molecule has 0 saturated heterocycles. The van der Waals surface area contributed by atoms with E-state index in [0.29, 0.717) is 5.69 Å². The van der Waals surface area contributed by atoms with Crippen LogP contribution in [0, 0.1) is 3.57 Å². The molecular weight excluding hydrogens is 386 g/mol. The van der Waals surface area contributed by atoms with Crippen LogP contribution in [-0.2, 0) is 0 Å². The number of amides is 1. The maximum atomic E-state index is 12.0. The molecule has 6 heteroatoms. The summed E-state index contributed by atoms with van der Waals surface area (Å²) in [6, 6.07) is 10.5. The predicted octanol–water partition coefficient (Wildman–Crippen LogP) is 4.25. The molecule has 1 aromatic carbocycles. The fourth-order valence-electron chi connectivity index (χ4n) is 1.32. The summed E-state index contributed by atoms with van der Waals surface area (Å²) >= 11 is 13.8. The van der Waals surface area contributed by atoms with Gasteiger partial charge >= 0.3 is 0 Å². The van der Waals surface area contributed by atoms with Crippen molar-refractivity contribution in [2.75, 3.05) is 5.32 Å². The zero-order valence-electron chi connectivity index (χ0n) is 8.95. The second-order valence-corrected chi connectivity index (χ2v) is 5.36. The third-order valence-electron chi connectivity index (χ3n) is 2.15. The van der Waals surface area contributed by atoms with Crippen molar-refractivity contribution < 1.29 is 4.79 Å². The number of pyridine rings is 1. The van der Waals surface area contributed by atoms with Crippen molar-refractivity contribution in [1.82, 2.24) is 4.98 Å². The summed E-state index contributed by atoms with van der Waals surface area (Å²) < 4.78 is 0.932. The van der Waals surface area contributed by atoms with Crippen LogP contribution < -0.4 is 5.32 Å². The molecule has 2 aromatic rings. The highest BCUT2D eigenvalue weighted by Gasteiger charge is 2.14. The molecule has 0 spiro atoms. The minimum Gasteiger partial charge on any atom is -0.320 e. The lowest BCUT2D eigenvalue weighted by atomic mass is 10.3. The van der Waals surface area contributed by atoms with Crippen molar-refractivity contribution in [3.63, 3.8) is 0 Å². The van der Waals surface area contributed by atoms with Crippen LogP contribution in [0.25, 0.3) is 0 Å². The molecule has 0 fully saturated rings.